The Morgan fingerprint density at radius 3 is 2.74 bits per heavy atom. The summed E-state index contributed by atoms with van der Waals surface area (Å²) in [6.45, 7) is 4.28. The van der Waals surface area contributed by atoms with Gasteiger partial charge >= 0.3 is 0 Å². The van der Waals surface area contributed by atoms with Crippen LogP contribution in [0.4, 0.5) is 5.69 Å². The van der Waals surface area contributed by atoms with Crippen molar-refractivity contribution in [2.24, 2.45) is 0 Å². The van der Waals surface area contributed by atoms with Crippen LogP contribution in [0.5, 0.6) is 0 Å². The molecule has 0 N–H and O–H groups in total. The lowest BCUT2D eigenvalue weighted by molar-refractivity contribution is 0.112. The van der Waals surface area contributed by atoms with Gasteiger partial charge in [0.2, 0.25) is 0 Å². The molecule has 1 aromatic carbocycles. The van der Waals surface area contributed by atoms with E-state index >= 15 is 0 Å². The average Bonchev–Trinajstić information content (AvgIpc) is 2.90. The Labute approximate surface area is 118 Å². The zero-order valence-corrected chi connectivity index (χ0v) is 12.4. The molecule has 2 aromatic rings. The molecule has 1 atom stereocenters. The lowest BCUT2D eigenvalue weighted by Gasteiger charge is -2.28. The van der Waals surface area contributed by atoms with Crippen LogP contribution in [0.3, 0.4) is 0 Å². The largest absolute Gasteiger partial charge is 0.371 e. The van der Waals surface area contributed by atoms with E-state index in [1.807, 2.05) is 18.2 Å². The quantitative estimate of drug-likeness (QED) is 0.769. The number of aryl methyl sites for hydroxylation is 1. The maximum absolute atomic E-state index is 10.8. The van der Waals surface area contributed by atoms with Gasteiger partial charge in [-0.15, -0.1) is 11.3 Å². The van der Waals surface area contributed by atoms with E-state index in [0.29, 0.717) is 6.04 Å². The Balaban J connectivity index is 2.14. The van der Waals surface area contributed by atoms with Gasteiger partial charge in [0.05, 0.1) is 0 Å². The first kappa shape index (κ1) is 13.8. The van der Waals surface area contributed by atoms with Crippen LogP contribution in [0.15, 0.2) is 35.7 Å². The predicted octanol–water partition coefficient (Wildman–Crippen LogP) is 3.94. The molecule has 1 heterocycles. The van der Waals surface area contributed by atoms with Gasteiger partial charge in [-0.3, -0.25) is 4.79 Å². The fourth-order valence-electron chi connectivity index (χ4n) is 2.24. The molecule has 0 fully saturated rings. The average molecular weight is 273 g/mol. The fraction of sp³-hybridized carbons (Fsp3) is 0.312. The molecule has 0 spiro atoms. The van der Waals surface area contributed by atoms with E-state index in [-0.39, 0.29) is 0 Å². The van der Waals surface area contributed by atoms with Crippen molar-refractivity contribution in [3.8, 4) is 0 Å². The summed E-state index contributed by atoms with van der Waals surface area (Å²) < 4.78 is 0. The standard InChI is InChI=1S/C16H19NOS/c1-12-9-14(11-18)6-7-16(12)17(3)13(2)10-15-5-4-8-19-15/h4-9,11,13H,10H2,1-3H3. The number of carbonyl (C=O) groups is 1. The number of anilines is 1. The maximum Gasteiger partial charge on any atom is 0.150 e. The van der Waals surface area contributed by atoms with Crippen molar-refractivity contribution >= 4 is 23.3 Å². The van der Waals surface area contributed by atoms with Crippen LogP contribution in [0.2, 0.25) is 0 Å². The maximum atomic E-state index is 10.8. The van der Waals surface area contributed by atoms with Gasteiger partial charge < -0.3 is 4.90 Å². The molecule has 0 amide bonds. The molecule has 100 valence electrons. The molecule has 2 nitrogen and oxygen atoms in total. The van der Waals surface area contributed by atoms with Crippen LogP contribution in [-0.4, -0.2) is 19.4 Å². The van der Waals surface area contributed by atoms with E-state index in [2.05, 4.69) is 43.3 Å². The predicted molar refractivity (Wildman–Crippen MR) is 82.5 cm³/mol. The molecule has 19 heavy (non-hydrogen) atoms. The fourth-order valence-corrected chi connectivity index (χ4v) is 3.07. The number of hydrogen-bond acceptors (Lipinski definition) is 3. The van der Waals surface area contributed by atoms with E-state index < -0.39 is 0 Å². The van der Waals surface area contributed by atoms with Crippen molar-refractivity contribution in [2.45, 2.75) is 26.3 Å². The van der Waals surface area contributed by atoms with E-state index in [1.54, 1.807) is 11.3 Å². The molecule has 0 aliphatic rings. The number of nitrogens with zero attached hydrogens (tertiary/aromatic N) is 1. The Bertz CT molecular complexity index is 548. The Kier molecular flexibility index (Phi) is 4.38. The molecule has 3 heteroatoms. The summed E-state index contributed by atoms with van der Waals surface area (Å²) >= 11 is 1.80. The summed E-state index contributed by atoms with van der Waals surface area (Å²) in [4.78, 5) is 14.5. The van der Waals surface area contributed by atoms with E-state index in [0.717, 1.165) is 23.8 Å². The summed E-state index contributed by atoms with van der Waals surface area (Å²) in [5, 5.41) is 2.12. The number of likely N-dealkylation sites (N-methyl/N-ethyl adjacent to an activating group) is 1. The molecule has 2 rings (SSSR count). The molecule has 0 saturated heterocycles. The summed E-state index contributed by atoms with van der Waals surface area (Å²) in [5.41, 5.74) is 3.07. The van der Waals surface area contributed by atoms with E-state index in [1.165, 1.54) is 10.6 Å². The van der Waals surface area contributed by atoms with Crippen molar-refractivity contribution in [3.63, 3.8) is 0 Å². The second-order valence-corrected chi connectivity index (χ2v) is 5.94. The Morgan fingerprint density at radius 1 is 1.37 bits per heavy atom. The van der Waals surface area contributed by atoms with E-state index in [9.17, 15) is 4.79 Å². The molecule has 1 unspecified atom stereocenters. The highest BCUT2D eigenvalue weighted by atomic mass is 32.1. The lowest BCUT2D eigenvalue weighted by atomic mass is 10.1. The monoisotopic (exact) mass is 273 g/mol. The zero-order chi connectivity index (χ0) is 13.8. The van der Waals surface area contributed by atoms with Crippen LogP contribution in [0.1, 0.15) is 27.7 Å². The van der Waals surface area contributed by atoms with Crippen LogP contribution in [0, 0.1) is 6.92 Å². The van der Waals surface area contributed by atoms with Crippen LogP contribution in [-0.2, 0) is 6.42 Å². The van der Waals surface area contributed by atoms with Crippen LogP contribution < -0.4 is 4.90 Å². The highest BCUT2D eigenvalue weighted by molar-refractivity contribution is 7.09. The van der Waals surface area contributed by atoms with Gasteiger partial charge in [0.15, 0.2) is 0 Å². The summed E-state index contributed by atoms with van der Waals surface area (Å²) in [6.07, 6.45) is 1.94. The SMILES string of the molecule is Cc1cc(C=O)ccc1N(C)C(C)Cc1cccs1. The van der Waals surface area contributed by atoms with Gasteiger partial charge in [0, 0.05) is 35.6 Å². The molecular weight excluding hydrogens is 254 g/mol. The number of hydrogen-bond donors (Lipinski definition) is 0. The number of aldehydes is 1. The summed E-state index contributed by atoms with van der Waals surface area (Å²) in [7, 11) is 2.11. The van der Waals surface area contributed by atoms with Crippen molar-refractivity contribution in [1.29, 1.82) is 0 Å². The molecule has 0 aliphatic heterocycles. The van der Waals surface area contributed by atoms with Gasteiger partial charge in [-0.2, -0.15) is 0 Å². The summed E-state index contributed by atoms with van der Waals surface area (Å²) in [6, 6.07) is 10.6. The highest BCUT2D eigenvalue weighted by Gasteiger charge is 2.13. The van der Waals surface area contributed by atoms with Crippen LogP contribution >= 0.6 is 11.3 Å². The molecule has 0 radical (unpaired) electrons. The molecule has 0 bridgehead atoms. The Hall–Kier alpha value is -1.61. The smallest absolute Gasteiger partial charge is 0.150 e. The first-order valence-electron chi connectivity index (χ1n) is 6.43. The van der Waals surface area contributed by atoms with Gasteiger partial charge in [-0.1, -0.05) is 6.07 Å². The molecule has 1 aromatic heterocycles. The lowest BCUT2D eigenvalue weighted by Crippen LogP contribution is -2.31. The van der Waals surface area contributed by atoms with Crippen LogP contribution in [0.25, 0.3) is 0 Å². The second-order valence-electron chi connectivity index (χ2n) is 4.91. The van der Waals surface area contributed by atoms with Crippen molar-refractivity contribution in [3.05, 3.63) is 51.7 Å². The number of thiophene rings is 1. The van der Waals surface area contributed by atoms with Crippen molar-refractivity contribution in [1.82, 2.24) is 0 Å². The Morgan fingerprint density at radius 2 is 2.16 bits per heavy atom. The third kappa shape index (κ3) is 3.24. The number of benzene rings is 1. The van der Waals surface area contributed by atoms with Crippen molar-refractivity contribution in [2.75, 3.05) is 11.9 Å². The van der Waals surface area contributed by atoms with Gasteiger partial charge in [0.25, 0.3) is 0 Å². The zero-order valence-electron chi connectivity index (χ0n) is 11.6. The van der Waals surface area contributed by atoms with Gasteiger partial charge in [-0.25, -0.2) is 0 Å². The molecule has 0 saturated carbocycles. The van der Waals surface area contributed by atoms with Gasteiger partial charge in [-0.05, 0) is 49.1 Å². The minimum Gasteiger partial charge on any atom is -0.371 e. The van der Waals surface area contributed by atoms with Gasteiger partial charge in [0.1, 0.15) is 6.29 Å². The third-order valence-corrected chi connectivity index (χ3v) is 4.37. The van der Waals surface area contributed by atoms with E-state index in [4.69, 9.17) is 0 Å². The third-order valence-electron chi connectivity index (χ3n) is 3.47. The second kappa shape index (κ2) is 6.02. The number of carbonyl (C=O) groups excluding carboxylic acids is 1. The normalized spacial score (nSPS) is 12.2. The first-order chi connectivity index (χ1) is 9.11. The first-order valence-corrected chi connectivity index (χ1v) is 7.31. The minimum absolute atomic E-state index is 0.430. The highest BCUT2D eigenvalue weighted by Crippen LogP contribution is 2.23. The van der Waals surface area contributed by atoms with Crippen molar-refractivity contribution < 1.29 is 4.79 Å². The minimum atomic E-state index is 0.430. The summed E-state index contributed by atoms with van der Waals surface area (Å²) in [5.74, 6) is 0. The molecular formula is C16H19NOS. The molecule has 0 aliphatic carbocycles. The topological polar surface area (TPSA) is 20.3 Å². The number of rotatable bonds is 5.